The summed E-state index contributed by atoms with van der Waals surface area (Å²) in [4.78, 5) is 28.9. The van der Waals surface area contributed by atoms with Crippen molar-refractivity contribution in [3.63, 3.8) is 0 Å². The monoisotopic (exact) mass is 355 g/mol. The molecule has 0 radical (unpaired) electrons. The van der Waals surface area contributed by atoms with Crippen LogP contribution in [0.2, 0.25) is 0 Å². The Bertz CT molecular complexity index is 640. The zero-order valence-corrected chi connectivity index (χ0v) is 15.4. The van der Waals surface area contributed by atoms with Crippen LogP contribution in [0.1, 0.15) is 32.1 Å². The fourth-order valence-electron chi connectivity index (χ4n) is 5.06. The number of hydrogen-bond donors (Lipinski definition) is 1. The third kappa shape index (κ3) is 4.09. The summed E-state index contributed by atoms with van der Waals surface area (Å²) in [5.41, 5.74) is 0.831. The molecule has 26 heavy (non-hydrogen) atoms. The van der Waals surface area contributed by atoms with Crippen molar-refractivity contribution in [1.29, 1.82) is 0 Å². The highest BCUT2D eigenvalue weighted by Gasteiger charge is 2.40. The van der Waals surface area contributed by atoms with Gasteiger partial charge in [0.15, 0.2) is 0 Å². The Balaban J connectivity index is 1.19. The molecule has 5 heteroatoms. The van der Waals surface area contributed by atoms with E-state index in [1.54, 1.807) is 0 Å². The molecule has 0 aromatic heterocycles. The number of rotatable bonds is 5. The molecule has 3 atom stereocenters. The van der Waals surface area contributed by atoms with Crippen LogP contribution in [-0.2, 0) is 9.59 Å². The minimum Gasteiger partial charge on any atom is -0.340 e. The van der Waals surface area contributed by atoms with E-state index in [1.807, 2.05) is 35.2 Å². The topological polar surface area (TPSA) is 52.7 Å². The lowest BCUT2D eigenvalue weighted by Crippen LogP contribution is -2.50. The van der Waals surface area contributed by atoms with Crippen molar-refractivity contribution in [3.05, 3.63) is 30.3 Å². The first-order valence-corrected chi connectivity index (χ1v) is 10.0. The molecule has 1 saturated heterocycles. The number of fused-ring (bicyclic) bond motifs is 2. The fraction of sp³-hybridized carbons (Fsp3) is 0.619. The average molecular weight is 355 g/mol. The van der Waals surface area contributed by atoms with Gasteiger partial charge in [0.05, 0.1) is 6.54 Å². The van der Waals surface area contributed by atoms with E-state index in [0.29, 0.717) is 18.4 Å². The van der Waals surface area contributed by atoms with E-state index in [9.17, 15) is 9.59 Å². The number of carbonyl (C=O) groups excluding carboxylic acids is 2. The second-order valence-corrected chi connectivity index (χ2v) is 8.21. The van der Waals surface area contributed by atoms with E-state index in [1.165, 1.54) is 25.7 Å². The van der Waals surface area contributed by atoms with Crippen molar-refractivity contribution >= 4 is 17.5 Å². The molecule has 5 nitrogen and oxygen atoms in total. The largest absolute Gasteiger partial charge is 0.340 e. The number of nitrogens with one attached hydrogen (secondary N) is 1. The van der Waals surface area contributed by atoms with Gasteiger partial charge in [-0.2, -0.15) is 0 Å². The maximum Gasteiger partial charge on any atom is 0.238 e. The van der Waals surface area contributed by atoms with Crippen molar-refractivity contribution < 1.29 is 9.59 Å². The molecule has 140 valence electrons. The van der Waals surface area contributed by atoms with Gasteiger partial charge in [0.2, 0.25) is 11.8 Å². The fourth-order valence-corrected chi connectivity index (χ4v) is 5.06. The average Bonchev–Trinajstić information content (AvgIpc) is 3.26. The molecule has 3 aliphatic rings. The Labute approximate surface area is 155 Å². The first-order chi connectivity index (χ1) is 12.7. The number of nitrogens with zero attached hydrogens (tertiary/aromatic N) is 2. The van der Waals surface area contributed by atoms with Gasteiger partial charge >= 0.3 is 0 Å². The number of anilines is 1. The number of hydrogen-bond acceptors (Lipinski definition) is 3. The number of benzene rings is 1. The van der Waals surface area contributed by atoms with Crippen LogP contribution in [0.15, 0.2) is 30.3 Å². The normalized spacial score (nSPS) is 28.3. The number of amides is 2. The van der Waals surface area contributed by atoms with Crippen LogP contribution < -0.4 is 5.32 Å². The summed E-state index contributed by atoms with van der Waals surface area (Å²) in [6.45, 7) is 3.45. The summed E-state index contributed by atoms with van der Waals surface area (Å²) in [7, 11) is 0. The van der Waals surface area contributed by atoms with E-state index in [4.69, 9.17) is 0 Å². The van der Waals surface area contributed by atoms with E-state index in [0.717, 1.165) is 50.1 Å². The summed E-state index contributed by atoms with van der Waals surface area (Å²) in [5.74, 6) is 2.69. The molecular formula is C21H29N3O2. The first kappa shape index (κ1) is 17.5. The smallest absolute Gasteiger partial charge is 0.238 e. The zero-order chi connectivity index (χ0) is 17.9. The second-order valence-electron chi connectivity index (χ2n) is 8.21. The Morgan fingerprint density at radius 1 is 1.00 bits per heavy atom. The molecule has 1 heterocycles. The van der Waals surface area contributed by atoms with Crippen molar-refractivity contribution in [2.75, 3.05) is 38.0 Å². The minimum atomic E-state index is 0.0120. The highest BCUT2D eigenvalue weighted by atomic mass is 16.2. The molecule has 2 aliphatic carbocycles. The van der Waals surface area contributed by atoms with E-state index < -0.39 is 0 Å². The molecule has 2 saturated carbocycles. The third-order valence-electron chi connectivity index (χ3n) is 6.47. The maximum atomic E-state index is 12.6. The predicted octanol–water partition coefficient (Wildman–Crippen LogP) is 2.60. The second kappa shape index (κ2) is 7.78. The molecule has 1 N–H and O–H groups in total. The molecule has 1 aromatic rings. The van der Waals surface area contributed by atoms with E-state index >= 15 is 0 Å². The molecule has 2 amide bonds. The lowest BCUT2D eigenvalue weighted by Gasteiger charge is -2.35. The van der Waals surface area contributed by atoms with Gasteiger partial charge in [0, 0.05) is 38.3 Å². The molecule has 4 rings (SSSR count). The van der Waals surface area contributed by atoms with Crippen molar-refractivity contribution in [1.82, 2.24) is 9.80 Å². The highest BCUT2D eigenvalue weighted by Crippen LogP contribution is 2.49. The molecule has 1 aromatic carbocycles. The van der Waals surface area contributed by atoms with Gasteiger partial charge in [0.1, 0.15) is 0 Å². The summed E-state index contributed by atoms with van der Waals surface area (Å²) in [6, 6.07) is 9.54. The SMILES string of the molecule is O=C(CN1CCN(C(=O)CC2CC3CCC2C3)CC1)Nc1ccccc1. The van der Waals surface area contributed by atoms with Crippen molar-refractivity contribution in [2.45, 2.75) is 32.1 Å². The zero-order valence-electron chi connectivity index (χ0n) is 15.4. The minimum absolute atomic E-state index is 0.0120. The van der Waals surface area contributed by atoms with Gasteiger partial charge in [-0.3, -0.25) is 14.5 Å². The Hall–Kier alpha value is -1.88. The molecule has 0 spiro atoms. The lowest BCUT2D eigenvalue weighted by atomic mass is 9.86. The van der Waals surface area contributed by atoms with Crippen LogP contribution in [0.3, 0.4) is 0 Å². The Morgan fingerprint density at radius 2 is 1.77 bits per heavy atom. The molecular weight excluding hydrogens is 326 g/mol. The number of piperazine rings is 1. The molecule has 1 aliphatic heterocycles. The molecule has 3 fully saturated rings. The molecule has 2 bridgehead atoms. The van der Waals surface area contributed by atoms with Gasteiger partial charge in [-0.25, -0.2) is 0 Å². The van der Waals surface area contributed by atoms with E-state index in [-0.39, 0.29) is 5.91 Å². The third-order valence-corrected chi connectivity index (χ3v) is 6.47. The Morgan fingerprint density at radius 3 is 2.42 bits per heavy atom. The quantitative estimate of drug-likeness (QED) is 0.883. The van der Waals surface area contributed by atoms with Gasteiger partial charge in [0.25, 0.3) is 0 Å². The summed E-state index contributed by atoms with van der Waals surface area (Å²) in [6.07, 6.45) is 6.11. The van der Waals surface area contributed by atoms with Crippen LogP contribution in [0.25, 0.3) is 0 Å². The predicted molar refractivity (Wildman–Crippen MR) is 102 cm³/mol. The summed E-state index contributed by atoms with van der Waals surface area (Å²) < 4.78 is 0. The Kier molecular flexibility index (Phi) is 5.25. The lowest BCUT2D eigenvalue weighted by molar-refractivity contribution is -0.134. The van der Waals surface area contributed by atoms with Crippen molar-refractivity contribution in [2.24, 2.45) is 17.8 Å². The maximum absolute atomic E-state index is 12.6. The van der Waals surface area contributed by atoms with Crippen LogP contribution in [-0.4, -0.2) is 54.3 Å². The van der Waals surface area contributed by atoms with E-state index in [2.05, 4.69) is 10.2 Å². The van der Waals surface area contributed by atoms with Gasteiger partial charge in [-0.05, 0) is 49.1 Å². The highest BCUT2D eigenvalue weighted by molar-refractivity contribution is 5.92. The summed E-state index contributed by atoms with van der Waals surface area (Å²) in [5, 5.41) is 2.93. The van der Waals surface area contributed by atoms with Crippen LogP contribution in [0.4, 0.5) is 5.69 Å². The van der Waals surface area contributed by atoms with Gasteiger partial charge in [-0.15, -0.1) is 0 Å². The number of para-hydroxylation sites is 1. The van der Waals surface area contributed by atoms with Crippen LogP contribution >= 0.6 is 0 Å². The summed E-state index contributed by atoms with van der Waals surface area (Å²) >= 11 is 0. The van der Waals surface area contributed by atoms with Crippen LogP contribution in [0.5, 0.6) is 0 Å². The van der Waals surface area contributed by atoms with Crippen molar-refractivity contribution in [3.8, 4) is 0 Å². The number of carbonyl (C=O) groups is 2. The van der Waals surface area contributed by atoms with Gasteiger partial charge in [-0.1, -0.05) is 24.6 Å². The standard InChI is InChI=1S/C21H29N3O2/c25-20(22-19-4-2-1-3-5-19)15-23-8-10-24(11-9-23)21(26)14-18-13-16-6-7-17(18)12-16/h1-5,16-18H,6-15H2,(H,22,25). The van der Waals surface area contributed by atoms with Gasteiger partial charge < -0.3 is 10.2 Å². The van der Waals surface area contributed by atoms with Crippen LogP contribution in [0, 0.1) is 17.8 Å². The molecule has 3 unspecified atom stereocenters. The first-order valence-electron chi connectivity index (χ1n) is 10.0.